The highest BCUT2D eigenvalue weighted by Gasteiger charge is 2.34. The van der Waals surface area contributed by atoms with Gasteiger partial charge in [0.25, 0.3) is 0 Å². The Bertz CT molecular complexity index is 837. The van der Waals surface area contributed by atoms with Gasteiger partial charge in [-0.2, -0.15) is 0 Å². The highest BCUT2D eigenvalue weighted by molar-refractivity contribution is 7.59. The third kappa shape index (κ3) is 5.16. The molecule has 10 heteroatoms. The predicted octanol–water partition coefficient (Wildman–Crippen LogP) is 2.59. The average Bonchev–Trinajstić information content (AvgIpc) is 3.06. The van der Waals surface area contributed by atoms with E-state index in [0.717, 1.165) is 0 Å². The number of nitrogens with one attached hydrogen (secondary N) is 1. The summed E-state index contributed by atoms with van der Waals surface area (Å²) in [6.45, 7) is 6.47. The van der Waals surface area contributed by atoms with Gasteiger partial charge in [0.1, 0.15) is 11.9 Å². The van der Waals surface area contributed by atoms with E-state index in [1.54, 1.807) is 18.2 Å². The Kier molecular flexibility index (Phi) is 6.59. The number of carbonyl (C=O) groups is 2. The van der Waals surface area contributed by atoms with E-state index in [0.29, 0.717) is 36.8 Å². The highest BCUT2D eigenvalue weighted by Crippen LogP contribution is 2.49. The zero-order chi connectivity index (χ0) is 21.0. The molecular formula is C19H25FN3O5P. The van der Waals surface area contributed by atoms with Crippen LogP contribution < -0.4 is 15.1 Å². The van der Waals surface area contributed by atoms with Gasteiger partial charge in [-0.05, 0) is 18.2 Å². The summed E-state index contributed by atoms with van der Waals surface area (Å²) < 4.78 is 38.0. The van der Waals surface area contributed by atoms with E-state index in [1.807, 2.05) is 4.90 Å². The van der Waals surface area contributed by atoms with Gasteiger partial charge in [0, 0.05) is 32.3 Å². The second-order valence-electron chi connectivity index (χ2n) is 7.02. The number of amides is 2. The molecule has 0 unspecified atom stereocenters. The van der Waals surface area contributed by atoms with Gasteiger partial charge in [-0.15, -0.1) is 6.58 Å². The summed E-state index contributed by atoms with van der Waals surface area (Å²) in [5.74, 6) is -0.680. The Morgan fingerprint density at radius 2 is 2.17 bits per heavy atom. The third-order valence-corrected chi connectivity index (χ3v) is 7.27. The van der Waals surface area contributed by atoms with Crippen molar-refractivity contribution in [3.05, 3.63) is 36.7 Å². The number of hydrogen-bond donors (Lipinski definition) is 1. The number of carbonyl (C=O) groups excluding carboxylic acids is 2. The van der Waals surface area contributed by atoms with E-state index in [9.17, 15) is 18.5 Å². The number of nitrogens with zero attached hydrogens (tertiary/aromatic N) is 2. The quantitative estimate of drug-likeness (QED) is 0.534. The Morgan fingerprint density at radius 1 is 1.45 bits per heavy atom. The smallest absolute Gasteiger partial charge is 0.414 e. The average molecular weight is 425 g/mol. The van der Waals surface area contributed by atoms with Crippen LogP contribution >= 0.6 is 7.37 Å². The molecule has 2 amide bonds. The van der Waals surface area contributed by atoms with Crippen molar-refractivity contribution in [3.63, 3.8) is 0 Å². The van der Waals surface area contributed by atoms with Crippen molar-refractivity contribution < 1.29 is 27.8 Å². The van der Waals surface area contributed by atoms with Crippen molar-refractivity contribution in [3.8, 4) is 0 Å². The molecule has 0 saturated carbocycles. The maximum Gasteiger partial charge on any atom is 0.414 e. The van der Waals surface area contributed by atoms with Gasteiger partial charge < -0.3 is 19.5 Å². The van der Waals surface area contributed by atoms with Crippen LogP contribution in [0.25, 0.3) is 0 Å². The molecule has 2 heterocycles. The number of hydrogen-bond acceptors (Lipinski definition) is 6. The van der Waals surface area contributed by atoms with Gasteiger partial charge >= 0.3 is 6.09 Å². The number of cyclic esters (lactones) is 1. The molecule has 1 aromatic carbocycles. The van der Waals surface area contributed by atoms with Crippen LogP contribution in [0.2, 0.25) is 0 Å². The van der Waals surface area contributed by atoms with Crippen molar-refractivity contribution in [1.29, 1.82) is 0 Å². The second-order valence-corrected chi connectivity index (χ2v) is 9.80. The summed E-state index contributed by atoms with van der Waals surface area (Å²) in [6.07, 6.45) is 1.21. The normalized spacial score (nSPS) is 21.0. The molecule has 0 bridgehead atoms. The molecular weight excluding hydrogens is 400 g/mol. The van der Waals surface area contributed by atoms with Crippen molar-refractivity contribution in [1.82, 2.24) is 5.32 Å². The summed E-state index contributed by atoms with van der Waals surface area (Å²) in [6, 6.07) is 4.56. The fourth-order valence-corrected chi connectivity index (χ4v) is 5.30. The molecule has 2 fully saturated rings. The first-order valence-corrected chi connectivity index (χ1v) is 11.4. The van der Waals surface area contributed by atoms with Crippen LogP contribution in [0.15, 0.2) is 30.9 Å². The molecule has 2 aliphatic heterocycles. The molecule has 158 valence electrons. The monoisotopic (exact) mass is 425 g/mol. The molecule has 1 atom stereocenters. The Labute approximate surface area is 169 Å². The Morgan fingerprint density at radius 3 is 2.79 bits per heavy atom. The van der Waals surface area contributed by atoms with Crippen LogP contribution in [0.4, 0.5) is 20.6 Å². The minimum Gasteiger partial charge on any atom is -0.442 e. The first-order valence-electron chi connectivity index (χ1n) is 9.42. The third-order valence-electron chi connectivity index (χ3n) is 4.89. The SMILES string of the molecule is C=CCOP1(=O)CCN(c2ccc(N3C[C@H](CNC(C)=O)OC3=O)cc2F)CC1. The number of anilines is 2. The van der Waals surface area contributed by atoms with E-state index in [1.165, 1.54) is 17.9 Å². The molecule has 2 saturated heterocycles. The van der Waals surface area contributed by atoms with Crippen LogP contribution in [-0.4, -0.2) is 63.2 Å². The van der Waals surface area contributed by atoms with Gasteiger partial charge in [-0.1, -0.05) is 6.08 Å². The zero-order valence-corrected chi connectivity index (χ0v) is 17.2. The molecule has 1 N–H and O–H groups in total. The van der Waals surface area contributed by atoms with Crippen LogP contribution in [0.5, 0.6) is 0 Å². The standard InChI is InChI=1S/C19H25FN3O5P/c1-3-8-27-29(26)9-6-22(7-10-29)18-5-4-15(11-17(18)20)23-13-16(28-19(23)25)12-21-14(2)24/h3-5,11,16H,1,6-10,12-13H2,2H3,(H,21,24)/t16-/m0/s1. The zero-order valence-electron chi connectivity index (χ0n) is 16.3. The molecule has 0 aromatic heterocycles. The molecule has 1 aromatic rings. The lowest BCUT2D eigenvalue weighted by atomic mass is 10.2. The van der Waals surface area contributed by atoms with Gasteiger partial charge in [0.15, 0.2) is 0 Å². The lowest BCUT2D eigenvalue weighted by Gasteiger charge is -2.33. The molecule has 0 radical (unpaired) electrons. The number of ether oxygens (including phenoxy) is 1. The topological polar surface area (TPSA) is 88.2 Å². The summed E-state index contributed by atoms with van der Waals surface area (Å²) in [5, 5.41) is 2.60. The predicted molar refractivity (Wildman–Crippen MR) is 108 cm³/mol. The lowest BCUT2D eigenvalue weighted by molar-refractivity contribution is -0.119. The van der Waals surface area contributed by atoms with Crippen molar-refractivity contribution in [2.45, 2.75) is 13.0 Å². The fourth-order valence-electron chi connectivity index (χ4n) is 3.34. The van der Waals surface area contributed by atoms with Crippen LogP contribution in [-0.2, 0) is 18.6 Å². The molecule has 0 aliphatic carbocycles. The molecule has 3 rings (SSSR count). The van der Waals surface area contributed by atoms with Crippen LogP contribution in [0, 0.1) is 5.82 Å². The van der Waals surface area contributed by atoms with Gasteiger partial charge in [-0.3, -0.25) is 14.3 Å². The summed E-state index contributed by atoms with van der Waals surface area (Å²) in [5.41, 5.74) is 0.782. The molecule has 29 heavy (non-hydrogen) atoms. The van der Waals surface area contributed by atoms with Crippen molar-refractivity contribution in [2.75, 3.05) is 54.9 Å². The van der Waals surface area contributed by atoms with E-state index < -0.39 is 25.4 Å². The van der Waals surface area contributed by atoms with Crippen LogP contribution in [0.1, 0.15) is 6.92 Å². The van der Waals surface area contributed by atoms with Crippen molar-refractivity contribution >= 4 is 30.7 Å². The van der Waals surface area contributed by atoms with E-state index in [4.69, 9.17) is 9.26 Å². The minimum absolute atomic E-state index is 0.208. The second kappa shape index (κ2) is 8.97. The van der Waals surface area contributed by atoms with Gasteiger partial charge in [0.05, 0.1) is 31.1 Å². The summed E-state index contributed by atoms with van der Waals surface area (Å²) in [4.78, 5) is 26.3. The number of benzene rings is 1. The van der Waals surface area contributed by atoms with Gasteiger partial charge in [-0.25, -0.2) is 9.18 Å². The largest absolute Gasteiger partial charge is 0.442 e. The summed E-state index contributed by atoms with van der Waals surface area (Å²) in [7, 11) is -2.69. The highest BCUT2D eigenvalue weighted by atomic mass is 31.2. The molecule has 2 aliphatic rings. The van der Waals surface area contributed by atoms with Crippen molar-refractivity contribution in [2.24, 2.45) is 0 Å². The van der Waals surface area contributed by atoms with Gasteiger partial charge in [0.2, 0.25) is 13.3 Å². The Balaban J connectivity index is 1.64. The fraction of sp³-hybridized carbons (Fsp3) is 0.474. The minimum atomic E-state index is -2.69. The van der Waals surface area contributed by atoms with E-state index in [-0.39, 0.29) is 25.6 Å². The maximum atomic E-state index is 14.8. The molecule has 8 nitrogen and oxygen atoms in total. The summed E-state index contributed by atoms with van der Waals surface area (Å²) >= 11 is 0. The Hall–Kier alpha value is -2.38. The van der Waals surface area contributed by atoms with E-state index in [2.05, 4.69) is 11.9 Å². The number of halogens is 1. The first-order chi connectivity index (χ1) is 13.8. The van der Waals surface area contributed by atoms with Crippen LogP contribution in [0.3, 0.4) is 0 Å². The first kappa shape index (κ1) is 21.3. The maximum absolute atomic E-state index is 14.8. The lowest BCUT2D eigenvalue weighted by Crippen LogP contribution is -2.36. The number of rotatable bonds is 7. The van der Waals surface area contributed by atoms with E-state index >= 15 is 0 Å². The molecule has 0 spiro atoms.